The molecule has 168 valence electrons. The molecule has 0 aliphatic rings. The number of amides is 1. The third kappa shape index (κ3) is 5.88. The van der Waals surface area contributed by atoms with E-state index in [9.17, 15) is 13.2 Å². The normalized spacial score (nSPS) is 12.1. The Morgan fingerprint density at radius 3 is 2.22 bits per heavy atom. The molecule has 0 aromatic heterocycles. The van der Waals surface area contributed by atoms with Gasteiger partial charge in [-0.25, -0.2) is 8.42 Å². The molecule has 0 spiro atoms. The van der Waals surface area contributed by atoms with Crippen LogP contribution in [0.3, 0.4) is 0 Å². The van der Waals surface area contributed by atoms with Crippen LogP contribution >= 0.6 is 0 Å². The van der Waals surface area contributed by atoms with E-state index in [1.54, 1.807) is 54.6 Å². The third-order valence-electron chi connectivity index (χ3n) is 4.93. The molecule has 1 atom stereocenters. The number of rotatable bonds is 9. The van der Waals surface area contributed by atoms with Crippen LogP contribution in [0.15, 0.2) is 83.8 Å². The van der Waals surface area contributed by atoms with Crippen LogP contribution in [0, 0.1) is 13.8 Å². The van der Waals surface area contributed by atoms with Gasteiger partial charge in [0.05, 0.1) is 16.6 Å². The van der Waals surface area contributed by atoms with Gasteiger partial charge in [-0.05, 0) is 56.7 Å². The van der Waals surface area contributed by atoms with Gasteiger partial charge in [0.1, 0.15) is 18.9 Å². The number of nitrogens with zero attached hydrogens (tertiary/aromatic N) is 1. The Morgan fingerprint density at radius 1 is 0.938 bits per heavy atom. The lowest BCUT2D eigenvalue weighted by atomic mass is 10.2. The first-order valence-corrected chi connectivity index (χ1v) is 11.8. The number of ether oxygens (including phenoxy) is 1. The molecule has 0 aliphatic carbocycles. The van der Waals surface area contributed by atoms with E-state index in [4.69, 9.17) is 4.74 Å². The van der Waals surface area contributed by atoms with E-state index < -0.39 is 15.9 Å². The Hall–Kier alpha value is -3.32. The minimum absolute atomic E-state index is 0.135. The molecular weight excluding hydrogens is 424 g/mol. The maximum Gasteiger partial charge on any atom is 0.264 e. The van der Waals surface area contributed by atoms with Gasteiger partial charge in [-0.2, -0.15) is 0 Å². The van der Waals surface area contributed by atoms with Gasteiger partial charge >= 0.3 is 0 Å². The van der Waals surface area contributed by atoms with Crippen LogP contribution in [-0.2, 0) is 14.8 Å². The minimum Gasteiger partial charge on any atom is -0.491 e. The molecule has 3 rings (SSSR count). The first-order valence-electron chi connectivity index (χ1n) is 10.4. The highest BCUT2D eigenvalue weighted by molar-refractivity contribution is 7.92. The van der Waals surface area contributed by atoms with Crippen LogP contribution in [0.5, 0.6) is 5.75 Å². The Balaban J connectivity index is 1.73. The number of hydrogen-bond acceptors (Lipinski definition) is 4. The SMILES string of the molecule is Cc1ccc(S(=O)(=O)N(CC(=O)NC(C)COc2ccccc2C)c2ccccc2)cc1. The molecule has 0 bridgehead atoms. The summed E-state index contributed by atoms with van der Waals surface area (Å²) in [5.74, 6) is 0.340. The average Bonchev–Trinajstić information content (AvgIpc) is 2.77. The molecule has 3 aromatic rings. The van der Waals surface area contributed by atoms with Crippen molar-refractivity contribution >= 4 is 21.6 Å². The van der Waals surface area contributed by atoms with Crippen molar-refractivity contribution in [1.82, 2.24) is 5.32 Å². The maximum atomic E-state index is 13.3. The van der Waals surface area contributed by atoms with E-state index in [0.717, 1.165) is 21.2 Å². The van der Waals surface area contributed by atoms with Crippen molar-refractivity contribution in [3.8, 4) is 5.75 Å². The van der Waals surface area contributed by atoms with Gasteiger partial charge < -0.3 is 10.1 Å². The fraction of sp³-hybridized carbons (Fsp3) is 0.240. The first-order chi connectivity index (χ1) is 15.3. The molecule has 0 radical (unpaired) electrons. The maximum absolute atomic E-state index is 13.3. The predicted octanol–water partition coefficient (Wildman–Crippen LogP) is 4.08. The van der Waals surface area contributed by atoms with Crippen LogP contribution in [0.25, 0.3) is 0 Å². The first kappa shape index (κ1) is 23.3. The summed E-state index contributed by atoms with van der Waals surface area (Å²) < 4.78 is 33.6. The number of nitrogens with one attached hydrogen (secondary N) is 1. The molecule has 0 heterocycles. The topological polar surface area (TPSA) is 75.7 Å². The summed E-state index contributed by atoms with van der Waals surface area (Å²) >= 11 is 0. The number of aryl methyl sites for hydroxylation is 2. The minimum atomic E-state index is -3.92. The predicted molar refractivity (Wildman–Crippen MR) is 126 cm³/mol. The lowest BCUT2D eigenvalue weighted by molar-refractivity contribution is -0.120. The second-order valence-electron chi connectivity index (χ2n) is 7.71. The molecule has 0 aliphatic heterocycles. The molecule has 6 nitrogen and oxygen atoms in total. The third-order valence-corrected chi connectivity index (χ3v) is 6.72. The molecule has 0 fully saturated rings. The second-order valence-corrected chi connectivity index (χ2v) is 9.57. The molecule has 32 heavy (non-hydrogen) atoms. The molecule has 0 saturated heterocycles. The van der Waals surface area contributed by atoms with Crippen molar-refractivity contribution in [1.29, 1.82) is 0 Å². The van der Waals surface area contributed by atoms with Gasteiger partial charge in [-0.15, -0.1) is 0 Å². The second kappa shape index (κ2) is 10.3. The number of hydrogen-bond donors (Lipinski definition) is 1. The van der Waals surface area contributed by atoms with Crippen molar-refractivity contribution in [2.75, 3.05) is 17.5 Å². The van der Waals surface area contributed by atoms with E-state index in [1.165, 1.54) is 0 Å². The lowest BCUT2D eigenvalue weighted by Gasteiger charge is -2.25. The molecule has 3 aromatic carbocycles. The highest BCUT2D eigenvalue weighted by Gasteiger charge is 2.27. The van der Waals surface area contributed by atoms with E-state index in [1.807, 2.05) is 45.0 Å². The van der Waals surface area contributed by atoms with E-state index in [-0.39, 0.29) is 24.1 Å². The smallest absolute Gasteiger partial charge is 0.264 e. The Morgan fingerprint density at radius 2 is 1.56 bits per heavy atom. The highest BCUT2D eigenvalue weighted by atomic mass is 32.2. The average molecular weight is 453 g/mol. The summed E-state index contributed by atoms with van der Waals surface area (Å²) in [5, 5.41) is 2.83. The zero-order valence-electron chi connectivity index (χ0n) is 18.5. The van der Waals surface area contributed by atoms with Gasteiger partial charge in [0.2, 0.25) is 5.91 Å². The quantitative estimate of drug-likeness (QED) is 0.531. The van der Waals surface area contributed by atoms with Crippen molar-refractivity contribution in [3.05, 3.63) is 90.0 Å². The highest BCUT2D eigenvalue weighted by Crippen LogP contribution is 2.23. The molecule has 0 saturated carbocycles. The van der Waals surface area contributed by atoms with Crippen molar-refractivity contribution < 1.29 is 17.9 Å². The van der Waals surface area contributed by atoms with Gasteiger partial charge in [0, 0.05) is 0 Å². The lowest BCUT2D eigenvalue weighted by Crippen LogP contribution is -2.45. The van der Waals surface area contributed by atoms with Crippen molar-refractivity contribution in [3.63, 3.8) is 0 Å². The standard InChI is InChI=1S/C25H28N2O4S/c1-19-13-15-23(16-14-19)32(29,30)27(22-10-5-4-6-11-22)17-25(28)26-21(3)18-31-24-12-8-7-9-20(24)2/h4-16,21H,17-18H2,1-3H3,(H,26,28). The summed E-state index contributed by atoms with van der Waals surface area (Å²) in [5.41, 5.74) is 2.38. The zero-order valence-corrected chi connectivity index (χ0v) is 19.3. The molecule has 1 N–H and O–H groups in total. The van der Waals surface area contributed by atoms with Gasteiger partial charge in [-0.3, -0.25) is 9.10 Å². The van der Waals surface area contributed by atoms with Gasteiger partial charge in [0.25, 0.3) is 10.0 Å². The van der Waals surface area contributed by atoms with Crippen molar-refractivity contribution in [2.24, 2.45) is 0 Å². The molecule has 1 amide bonds. The number of carbonyl (C=O) groups is 1. The Kier molecular flexibility index (Phi) is 7.53. The van der Waals surface area contributed by atoms with Crippen molar-refractivity contribution in [2.45, 2.75) is 31.7 Å². The summed E-state index contributed by atoms with van der Waals surface area (Å²) in [7, 11) is -3.92. The van der Waals surface area contributed by atoms with E-state index in [2.05, 4.69) is 5.32 Å². The van der Waals surface area contributed by atoms with Gasteiger partial charge in [0.15, 0.2) is 0 Å². The number of benzene rings is 3. The summed E-state index contributed by atoms with van der Waals surface area (Å²) in [6.07, 6.45) is 0. The van der Waals surface area contributed by atoms with Crippen LogP contribution in [0.2, 0.25) is 0 Å². The molecule has 1 unspecified atom stereocenters. The fourth-order valence-corrected chi connectivity index (χ4v) is 4.59. The fourth-order valence-electron chi connectivity index (χ4n) is 3.17. The van der Waals surface area contributed by atoms with E-state index in [0.29, 0.717) is 5.69 Å². The zero-order chi connectivity index (χ0) is 23.1. The largest absolute Gasteiger partial charge is 0.491 e. The van der Waals surface area contributed by atoms with Crippen LogP contribution in [0.4, 0.5) is 5.69 Å². The summed E-state index contributed by atoms with van der Waals surface area (Å²) in [4.78, 5) is 12.9. The Labute approximate surface area is 189 Å². The number of carbonyl (C=O) groups excluding carboxylic acids is 1. The number of anilines is 1. The number of sulfonamides is 1. The summed E-state index contributed by atoms with van der Waals surface area (Å²) in [6, 6.07) is 22.5. The summed E-state index contributed by atoms with van der Waals surface area (Å²) in [6.45, 7) is 5.59. The number of para-hydroxylation sites is 2. The van der Waals surface area contributed by atoms with Gasteiger partial charge in [-0.1, -0.05) is 54.1 Å². The Bertz CT molecular complexity index is 1150. The van der Waals surface area contributed by atoms with Crippen LogP contribution in [0.1, 0.15) is 18.1 Å². The monoisotopic (exact) mass is 452 g/mol. The molecule has 7 heteroatoms. The van der Waals surface area contributed by atoms with Crippen LogP contribution in [-0.4, -0.2) is 33.5 Å². The molecular formula is C25H28N2O4S. The van der Waals surface area contributed by atoms with E-state index >= 15 is 0 Å². The van der Waals surface area contributed by atoms with Crippen LogP contribution < -0.4 is 14.4 Å².